The van der Waals surface area contributed by atoms with Gasteiger partial charge in [-0.2, -0.15) is 0 Å². The Hall–Kier alpha value is -1.92. The first-order chi connectivity index (χ1) is 11.1. The summed E-state index contributed by atoms with van der Waals surface area (Å²) in [6.07, 6.45) is 2.76. The summed E-state index contributed by atoms with van der Waals surface area (Å²) in [6.45, 7) is 2.84. The van der Waals surface area contributed by atoms with E-state index in [2.05, 4.69) is 4.90 Å². The van der Waals surface area contributed by atoms with Crippen LogP contribution in [0, 0.1) is 0 Å². The molecule has 1 heterocycles. The Balaban J connectivity index is 1.62. The summed E-state index contributed by atoms with van der Waals surface area (Å²) < 4.78 is 0. The molecular weight excluding hydrogens is 294 g/mol. The van der Waals surface area contributed by atoms with Crippen LogP contribution in [0.3, 0.4) is 0 Å². The predicted molar refractivity (Wildman–Crippen MR) is 86.1 cm³/mol. The summed E-state index contributed by atoms with van der Waals surface area (Å²) in [6, 6.07) is 6.79. The van der Waals surface area contributed by atoms with Crippen LogP contribution in [0.15, 0.2) is 24.3 Å². The van der Waals surface area contributed by atoms with Crippen molar-refractivity contribution in [1.29, 1.82) is 0 Å². The van der Waals surface area contributed by atoms with Gasteiger partial charge in [-0.1, -0.05) is 6.07 Å². The van der Waals surface area contributed by atoms with Crippen molar-refractivity contribution in [3.05, 3.63) is 35.4 Å². The number of nitrogens with zero attached hydrogens (tertiary/aromatic N) is 2. The first-order valence-corrected chi connectivity index (χ1v) is 8.17. The van der Waals surface area contributed by atoms with Crippen LogP contribution < -0.4 is 5.73 Å². The van der Waals surface area contributed by atoms with Crippen molar-refractivity contribution >= 4 is 11.8 Å². The fourth-order valence-electron chi connectivity index (χ4n) is 3.59. The smallest absolute Gasteiger partial charge is 0.253 e. The molecule has 3 rings (SSSR count). The van der Waals surface area contributed by atoms with Crippen molar-refractivity contribution in [2.75, 3.05) is 26.2 Å². The molecule has 2 atom stereocenters. The molecule has 6 heteroatoms. The van der Waals surface area contributed by atoms with E-state index in [1.165, 1.54) is 0 Å². The van der Waals surface area contributed by atoms with E-state index in [-0.39, 0.29) is 18.1 Å². The van der Waals surface area contributed by atoms with Gasteiger partial charge in [0, 0.05) is 43.3 Å². The van der Waals surface area contributed by atoms with Crippen LogP contribution in [-0.4, -0.2) is 65.0 Å². The molecule has 0 radical (unpaired) electrons. The minimum atomic E-state index is -0.528. The van der Waals surface area contributed by atoms with Gasteiger partial charge in [0.15, 0.2) is 0 Å². The number of hydrogen-bond donors (Lipinski definition) is 2. The second-order valence-electron chi connectivity index (χ2n) is 6.34. The van der Waals surface area contributed by atoms with Gasteiger partial charge in [-0.3, -0.25) is 14.5 Å². The van der Waals surface area contributed by atoms with Crippen molar-refractivity contribution in [2.45, 2.75) is 31.4 Å². The van der Waals surface area contributed by atoms with E-state index in [0.29, 0.717) is 24.2 Å². The lowest BCUT2D eigenvalue weighted by molar-refractivity contribution is 0.0315. The van der Waals surface area contributed by atoms with Crippen LogP contribution >= 0.6 is 0 Å². The zero-order chi connectivity index (χ0) is 16.4. The highest BCUT2D eigenvalue weighted by Crippen LogP contribution is 2.25. The van der Waals surface area contributed by atoms with Gasteiger partial charge in [-0.05, 0) is 37.5 Å². The number of aliphatic hydroxyl groups is 1. The number of piperazine rings is 1. The van der Waals surface area contributed by atoms with E-state index in [1.807, 2.05) is 0 Å². The molecule has 1 aliphatic heterocycles. The molecule has 1 saturated carbocycles. The van der Waals surface area contributed by atoms with E-state index in [4.69, 9.17) is 5.73 Å². The van der Waals surface area contributed by atoms with E-state index >= 15 is 0 Å². The lowest BCUT2D eigenvalue weighted by atomic mass is 10.1. The molecule has 2 fully saturated rings. The maximum absolute atomic E-state index is 12.6. The number of amides is 2. The standard InChI is InChI=1S/C17H23N3O3/c18-16(22)12-3-1-4-13(11-12)17(23)20-9-7-19(8-10-20)14-5-2-6-15(14)21/h1,3-4,11,14-15,21H,2,5-10H2,(H2,18,22). The Morgan fingerprint density at radius 3 is 2.39 bits per heavy atom. The van der Waals surface area contributed by atoms with Gasteiger partial charge in [0.05, 0.1) is 6.10 Å². The molecule has 0 aromatic heterocycles. The van der Waals surface area contributed by atoms with E-state index < -0.39 is 5.91 Å². The fourth-order valence-corrected chi connectivity index (χ4v) is 3.59. The molecule has 1 aromatic carbocycles. The van der Waals surface area contributed by atoms with E-state index in [0.717, 1.165) is 32.4 Å². The third-order valence-electron chi connectivity index (χ3n) is 4.91. The minimum Gasteiger partial charge on any atom is -0.391 e. The van der Waals surface area contributed by atoms with Gasteiger partial charge in [-0.25, -0.2) is 0 Å². The topological polar surface area (TPSA) is 86.9 Å². The summed E-state index contributed by atoms with van der Waals surface area (Å²) in [5.74, 6) is -0.598. The second kappa shape index (κ2) is 6.68. The van der Waals surface area contributed by atoms with Gasteiger partial charge in [0.2, 0.25) is 5.91 Å². The average molecular weight is 317 g/mol. The Morgan fingerprint density at radius 1 is 1.09 bits per heavy atom. The third kappa shape index (κ3) is 3.38. The molecule has 6 nitrogen and oxygen atoms in total. The number of benzene rings is 1. The van der Waals surface area contributed by atoms with Crippen molar-refractivity contribution < 1.29 is 14.7 Å². The van der Waals surface area contributed by atoms with Gasteiger partial charge in [-0.15, -0.1) is 0 Å². The van der Waals surface area contributed by atoms with Crippen molar-refractivity contribution in [3.63, 3.8) is 0 Å². The summed E-state index contributed by atoms with van der Waals surface area (Å²) >= 11 is 0. The fraction of sp³-hybridized carbons (Fsp3) is 0.529. The molecule has 3 N–H and O–H groups in total. The number of hydrogen-bond acceptors (Lipinski definition) is 4. The maximum atomic E-state index is 12.6. The summed E-state index contributed by atoms with van der Waals surface area (Å²) in [4.78, 5) is 27.9. The van der Waals surface area contributed by atoms with E-state index in [9.17, 15) is 14.7 Å². The van der Waals surface area contributed by atoms with Crippen molar-refractivity contribution in [3.8, 4) is 0 Å². The van der Waals surface area contributed by atoms with Crippen LogP contribution in [0.1, 0.15) is 40.0 Å². The highest BCUT2D eigenvalue weighted by Gasteiger charge is 2.33. The van der Waals surface area contributed by atoms with Crippen LogP contribution in [0.2, 0.25) is 0 Å². The number of rotatable bonds is 3. The summed E-state index contributed by atoms with van der Waals surface area (Å²) in [5.41, 5.74) is 6.11. The third-order valence-corrected chi connectivity index (χ3v) is 4.91. The van der Waals surface area contributed by atoms with Crippen LogP contribution in [0.4, 0.5) is 0 Å². The monoisotopic (exact) mass is 317 g/mol. The van der Waals surface area contributed by atoms with Gasteiger partial charge >= 0.3 is 0 Å². The molecule has 0 bridgehead atoms. The van der Waals surface area contributed by atoms with Crippen LogP contribution in [-0.2, 0) is 0 Å². The molecule has 1 aromatic rings. The van der Waals surface area contributed by atoms with Crippen LogP contribution in [0.5, 0.6) is 0 Å². The zero-order valence-electron chi connectivity index (χ0n) is 13.1. The summed E-state index contributed by atoms with van der Waals surface area (Å²) in [7, 11) is 0. The first-order valence-electron chi connectivity index (χ1n) is 8.17. The first kappa shape index (κ1) is 16.0. The molecule has 2 aliphatic rings. The molecule has 2 amide bonds. The number of carbonyl (C=O) groups is 2. The average Bonchev–Trinajstić information content (AvgIpc) is 3.00. The van der Waals surface area contributed by atoms with E-state index in [1.54, 1.807) is 29.2 Å². The largest absolute Gasteiger partial charge is 0.391 e. The Kier molecular flexibility index (Phi) is 4.63. The number of carbonyl (C=O) groups excluding carboxylic acids is 2. The van der Waals surface area contributed by atoms with Crippen LogP contribution in [0.25, 0.3) is 0 Å². The van der Waals surface area contributed by atoms with Crippen molar-refractivity contribution in [1.82, 2.24) is 9.80 Å². The predicted octanol–water partition coefficient (Wildman–Crippen LogP) is 0.457. The molecular formula is C17H23N3O3. The van der Waals surface area contributed by atoms with Gasteiger partial charge in [0.1, 0.15) is 0 Å². The SMILES string of the molecule is NC(=O)c1cccc(C(=O)N2CCN(C3CCCC3O)CC2)c1. The number of aliphatic hydroxyl groups excluding tert-OH is 1. The normalized spacial score (nSPS) is 25.5. The lowest BCUT2D eigenvalue weighted by Gasteiger charge is -2.39. The number of primary amides is 1. The molecule has 23 heavy (non-hydrogen) atoms. The Bertz CT molecular complexity index is 597. The van der Waals surface area contributed by atoms with Crippen molar-refractivity contribution in [2.24, 2.45) is 5.73 Å². The molecule has 1 aliphatic carbocycles. The minimum absolute atomic E-state index is 0.0697. The maximum Gasteiger partial charge on any atom is 0.253 e. The quantitative estimate of drug-likeness (QED) is 0.848. The molecule has 0 spiro atoms. The Labute approximate surface area is 135 Å². The highest BCUT2D eigenvalue weighted by atomic mass is 16.3. The number of nitrogens with two attached hydrogens (primary N) is 1. The molecule has 1 saturated heterocycles. The summed E-state index contributed by atoms with van der Waals surface area (Å²) in [5, 5.41) is 10.0. The Morgan fingerprint density at radius 2 is 1.78 bits per heavy atom. The van der Waals surface area contributed by atoms with Gasteiger partial charge < -0.3 is 15.7 Å². The highest BCUT2D eigenvalue weighted by molar-refractivity contribution is 5.99. The lowest BCUT2D eigenvalue weighted by Crippen LogP contribution is -2.53. The molecule has 124 valence electrons. The molecule has 2 unspecified atom stereocenters. The van der Waals surface area contributed by atoms with Gasteiger partial charge in [0.25, 0.3) is 5.91 Å². The zero-order valence-corrected chi connectivity index (χ0v) is 13.1. The second-order valence-corrected chi connectivity index (χ2v) is 6.34.